The number of piperidine rings is 1. The maximum Gasteiger partial charge on any atom is 0.326 e. The lowest BCUT2D eigenvalue weighted by molar-refractivity contribution is -0.139. The summed E-state index contributed by atoms with van der Waals surface area (Å²) in [5, 5.41) is 11.9. The quantitative estimate of drug-likeness (QED) is 0.892. The Bertz CT molecular complexity index is 482. The van der Waals surface area contributed by atoms with Crippen LogP contribution >= 0.6 is 0 Å². The molecule has 0 aliphatic carbocycles. The van der Waals surface area contributed by atoms with E-state index in [4.69, 9.17) is 0 Å². The van der Waals surface area contributed by atoms with Gasteiger partial charge in [0.05, 0.1) is 0 Å². The van der Waals surface area contributed by atoms with Crippen molar-refractivity contribution in [2.45, 2.75) is 32.2 Å². The van der Waals surface area contributed by atoms with Crippen LogP contribution in [0, 0.1) is 5.92 Å². The van der Waals surface area contributed by atoms with E-state index in [1.807, 2.05) is 30.3 Å². The number of nitrogens with zero attached hydrogens (tertiary/aromatic N) is 1. The number of carbonyl (C=O) groups is 2. The van der Waals surface area contributed by atoms with Gasteiger partial charge < -0.3 is 15.3 Å². The topological polar surface area (TPSA) is 69.6 Å². The van der Waals surface area contributed by atoms with Crippen LogP contribution in [-0.4, -0.2) is 41.1 Å². The van der Waals surface area contributed by atoms with Crippen LogP contribution in [0.2, 0.25) is 0 Å². The molecule has 0 saturated carbocycles. The lowest BCUT2D eigenvalue weighted by atomic mass is 9.99. The smallest absolute Gasteiger partial charge is 0.326 e. The fourth-order valence-electron chi connectivity index (χ4n) is 2.50. The van der Waals surface area contributed by atoms with Crippen LogP contribution in [0.15, 0.2) is 30.3 Å². The van der Waals surface area contributed by atoms with Crippen molar-refractivity contribution in [3.05, 3.63) is 35.9 Å². The Kier molecular flexibility index (Phi) is 5.20. The molecule has 1 atom stereocenters. The third-order valence-corrected chi connectivity index (χ3v) is 3.95. The van der Waals surface area contributed by atoms with E-state index >= 15 is 0 Å². The number of carboxylic acid groups (broad SMARTS) is 1. The number of urea groups is 1. The van der Waals surface area contributed by atoms with Gasteiger partial charge in [-0.1, -0.05) is 37.3 Å². The molecule has 0 radical (unpaired) electrons. The van der Waals surface area contributed by atoms with Crippen molar-refractivity contribution < 1.29 is 14.7 Å². The van der Waals surface area contributed by atoms with Crippen molar-refractivity contribution in [2.75, 3.05) is 13.1 Å². The highest BCUT2D eigenvalue weighted by Gasteiger charge is 2.25. The predicted octanol–water partition coefficient (Wildman–Crippen LogP) is 2.12. The zero-order valence-electron chi connectivity index (χ0n) is 12.3. The minimum absolute atomic E-state index is 0.273. The molecule has 2 N–H and O–H groups in total. The molecule has 1 aliphatic rings. The largest absolute Gasteiger partial charge is 0.480 e. The molecule has 1 fully saturated rings. The Balaban J connectivity index is 1.93. The zero-order valence-corrected chi connectivity index (χ0v) is 12.3. The number of likely N-dealkylation sites (tertiary alicyclic amines) is 1. The number of aliphatic carboxylic acids is 1. The SMILES string of the molecule is CC1CCN(C(=O)N[C@H](Cc2ccccc2)C(=O)O)CC1. The molecule has 1 aromatic carbocycles. The summed E-state index contributed by atoms with van der Waals surface area (Å²) in [6, 6.07) is 8.18. The number of carbonyl (C=O) groups excluding carboxylic acids is 1. The fraction of sp³-hybridized carbons (Fsp3) is 0.500. The molecule has 1 aliphatic heterocycles. The normalized spacial score (nSPS) is 17.3. The second-order valence-electron chi connectivity index (χ2n) is 5.70. The number of amides is 2. The maximum absolute atomic E-state index is 12.2. The Labute approximate surface area is 125 Å². The summed E-state index contributed by atoms with van der Waals surface area (Å²) in [5.74, 6) is -0.369. The maximum atomic E-state index is 12.2. The molecular weight excluding hydrogens is 268 g/mol. The summed E-state index contributed by atoms with van der Waals surface area (Å²) in [7, 11) is 0. The van der Waals surface area contributed by atoms with Gasteiger partial charge in [-0.3, -0.25) is 0 Å². The number of rotatable bonds is 4. The Morgan fingerprint density at radius 1 is 1.29 bits per heavy atom. The molecule has 0 bridgehead atoms. The van der Waals surface area contributed by atoms with Crippen LogP contribution in [0.5, 0.6) is 0 Å². The minimum Gasteiger partial charge on any atom is -0.480 e. The highest BCUT2D eigenvalue weighted by atomic mass is 16.4. The molecule has 0 unspecified atom stereocenters. The van der Waals surface area contributed by atoms with Gasteiger partial charge in [-0.25, -0.2) is 9.59 Å². The predicted molar refractivity (Wildman–Crippen MR) is 80.1 cm³/mol. The van der Waals surface area contributed by atoms with Crippen LogP contribution < -0.4 is 5.32 Å². The van der Waals surface area contributed by atoms with Gasteiger partial charge in [0.25, 0.3) is 0 Å². The first kappa shape index (κ1) is 15.4. The summed E-state index contributed by atoms with van der Waals surface area (Å²) in [6.07, 6.45) is 2.25. The van der Waals surface area contributed by atoms with Crippen LogP contribution in [0.25, 0.3) is 0 Å². The molecule has 114 valence electrons. The summed E-state index contributed by atoms with van der Waals surface area (Å²) in [6.45, 7) is 3.57. The van der Waals surface area contributed by atoms with E-state index in [1.165, 1.54) is 0 Å². The summed E-state index contributed by atoms with van der Waals surface area (Å²) in [4.78, 5) is 25.2. The second kappa shape index (κ2) is 7.11. The van der Waals surface area contributed by atoms with Crippen molar-refractivity contribution in [1.29, 1.82) is 0 Å². The van der Waals surface area contributed by atoms with Crippen LogP contribution in [-0.2, 0) is 11.2 Å². The fourth-order valence-corrected chi connectivity index (χ4v) is 2.50. The van der Waals surface area contributed by atoms with E-state index < -0.39 is 12.0 Å². The second-order valence-corrected chi connectivity index (χ2v) is 5.70. The van der Waals surface area contributed by atoms with Gasteiger partial charge in [0.1, 0.15) is 6.04 Å². The molecule has 2 rings (SSSR count). The van der Waals surface area contributed by atoms with Crippen LogP contribution in [0.1, 0.15) is 25.3 Å². The van der Waals surface area contributed by atoms with E-state index in [1.54, 1.807) is 4.90 Å². The first-order valence-corrected chi connectivity index (χ1v) is 7.38. The van der Waals surface area contributed by atoms with E-state index in [0.29, 0.717) is 25.4 Å². The van der Waals surface area contributed by atoms with Gasteiger partial charge in [-0.05, 0) is 24.3 Å². The molecule has 1 aromatic rings. The van der Waals surface area contributed by atoms with Gasteiger partial charge in [-0.15, -0.1) is 0 Å². The summed E-state index contributed by atoms with van der Waals surface area (Å²) >= 11 is 0. The number of hydrogen-bond acceptors (Lipinski definition) is 2. The van der Waals surface area contributed by atoms with Crippen molar-refractivity contribution in [1.82, 2.24) is 10.2 Å². The number of benzene rings is 1. The molecule has 0 spiro atoms. The average Bonchev–Trinajstić information content (AvgIpc) is 2.48. The highest BCUT2D eigenvalue weighted by molar-refractivity contribution is 5.82. The van der Waals surface area contributed by atoms with Gasteiger partial charge in [0.15, 0.2) is 0 Å². The third kappa shape index (κ3) is 4.48. The van der Waals surface area contributed by atoms with Crippen molar-refractivity contribution in [3.8, 4) is 0 Å². The van der Waals surface area contributed by atoms with E-state index in [-0.39, 0.29) is 6.03 Å². The first-order chi connectivity index (χ1) is 10.1. The van der Waals surface area contributed by atoms with Crippen molar-refractivity contribution in [2.24, 2.45) is 5.92 Å². The Morgan fingerprint density at radius 2 is 1.90 bits per heavy atom. The third-order valence-electron chi connectivity index (χ3n) is 3.95. The lowest BCUT2D eigenvalue weighted by Crippen LogP contribution is -2.50. The average molecular weight is 290 g/mol. The van der Waals surface area contributed by atoms with E-state index in [0.717, 1.165) is 18.4 Å². The zero-order chi connectivity index (χ0) is 15.2. The summed E-state index contributed by atoms with van der Waals surface area (Å²) < 4.78 is 0. The first-order valence-electron chi connectivity index (χ1n) is 7.38. The van der Waals surface area contributed by atoms with E-state index in [9.17, 15) is 14.7 Å². The van der Waals surface area contributed by atoms with E-state index in [2.05, 4.69) is 12.2 Å². The van der Waals surface area contributed by atoms with Gasteiger partial charge in [0.2, 0.25) is 0 Å². The molecule has 1 saturated heterocycles. The van der Waals surface area contributed by atoms with Gasteiger partial charge >= 0.3 is 12.0 Å². The Morgan fingerprint density at radius 3 is 2.48 bits per heavy atom. The highest BCUT2D eigenvalue weighted by Crippen LogP contribution is 2.16. The molecule has 5 heteroatoms. The van der Waals surface area contributed by atoms with Crippen molar-refractivity contribution in [3.63, 3.8) is 0 Å². The molecule has 5 nitrogen and oxygen atoms in total. The number of hydrogen-bond donors (Lipinski definition) is 2. The molecule has 2 amide bonds. The molecular formula is C16H22N2O3. The lowest BCUT2D eigenvalue weighted by Gasteiger charge is -2.31. The minimum atomic E-state index is -1.00. The van der Waals surface area contributed by atoms with Crippen LogP contribution in [0.4, 0.5) is 4.79 Å². The molecule has 1 heterocycles. The van der Waals surface area contributed by atoms with Gasteiger partial charge in [0, 0.05) is 19.5 Å². The van der Waals surface area contributed by atoms with Crippen LogP contribution in [0.3, 0.4) is 0 Å². The Hall–Kier alpha value is -2.04. The number of nitrogens with one attached hydrogen (secondary N) is 1. The number of carboxylic acids is 1. The molecule has 21 heavy (non-hydrogen) atoms. The van der Waals surface area contributed by atoms with Gasteiger partial charge in [-0.2, -0.15) is 0 Å². The molecule has 0 aromatic heterocycles. The van der Waals surface area contributed by atoms with Crippen molar-refractivity contribution >= 4 is 12.0 Å². The monoisotopic (exact) mass is 290 g/mol. The standard InChI is InChI=1S/C16H22N2O3/c1-12-7-9-18(10-8-12)16(21)17-14(15(19)20)11-13-5-3-2-4-6-13/h2-6,12,14H,7-11H2,1H3,(H,17,21)(H,19,20)/t14-/m1/s1. The summed E-state index contributed by atoms with van der Waals surface area (Å²) in [5.41, 5.74) is 0.900.